The Morgan fingerprint density at radius 1 is 1.13 bits per heavy atom. The van der Waals surface area contributed by atoms with Gasteiger partial charge in [-0.2, -0.15) is 0 Å². The number of rotatable bonds is 0. The molecule has 0 atom stereocenters. The van der Waals surface area contributed by atoms with Crippen LogP contribution in [-0.2, 0) is 0 Å². The Morgan fingerprint density at radius 2 is 1.80 bits per heavy atom. The second kappa shape index (κ2) is 4.10. The van der Waals surface area contributed by atoms with Crippen molar-refractivity contribution in [1.29, 1.82) is 0 Å². The molecular weight excluding hydrogens is 320 g/mol. The van der Waals surface area contributed by atoms with Gasteiger partial charge in [0.1, 0.15) is 0 Å². The van der Waals surface area contributed by atoms with E-state index in [4.69, 9.17) is 34.8 Å². The Labute approximate surface area is 110 Å². The van der Waals surface area contributed by atoms with Crippen molar-refractivity contribution in [2.45, 2.75) is 6.92 Å². The van der Waals surface area contributed by atoms with E-state index in [2.05, 4.69) is 20.9 Å². The molecule has 0 radical (unpaired) electrons. The molecule has 0 aliphatic carbocycles. The first-order valence-corrected chi connectivity index (χ1v) is 6.03. The molecular formula is C10H5BrCl3N. The molecule has 1 aromatic carbocycles. The Balaban J connectivity index is 2.98. The van der Waals surface area contributed by atoms with Gasteiger partial charge in [-0.25, -0.2) is 0 Å². The molecule has 78 valence electrons. The highest BCUT2D eigenvalue weighted by atomic mass is 79.9. The van der Waals surface area contributed by atoms with E-state index >= 15 is 0 Å². The predicted molar refractivity (Wildman–Crippen MR) is 69.2 cm³/mol. The fourth-order valence-electron chi connectivity index (χ4n) is 1.31. The van der Waals surface area contributed by atoms with Gasteiger partial charge in [-0.3, -0.25) is 4.98 Å². The van der Waals surface area contributed by atoms with E-state index in [1.807, 2.05) is 13.0 Å². The second-order valence-electron chi connectivity index (χ2n) is 3.14. The normalized spacial score (nSPS) is 11.0. The summed E-state index contributed by atoms with van der Waals surface area (Å²) in [5.74, 6) is 0. The lowest BCUT2D eigenvalue weighted by Gasteiger charge is -2.07. The molecule has 15 heavy (non-hydrogen) atoms. The first-order valence-electron chi connectivity index (χ1n) is 4.10. The zero-order valence-corrected chi connectivity index (χ0v) is 11.5. The fourth-order valence-corrected chi connectivity index (χ4v) is 2.44. The molecule has 2 rings (SSSR count). The number of aromatic nitrogens is 1. The van der Waals surface area contributed by atoms with Gasteiger partial charge < -0.3 is 0 Å². The predicted octanol–water partition coefficient (Wildman–Crippen LogP) is 5.27. The summed E-state index contributed by atoms with van der Waals surface area (Å²) in [6.45, 7) is 1.89. The largest absolute Gasteiger partial charge is 0.254 e. The highest BCUT2D eigenvalue weighted by Gasteiger charge is 2.12. The van der Waals surface area contributed by atoms with Gasteiger partial charge >= 0.3 is 0 Å². The lowest BCUT2D eigenvalue weighted by molar-refractivity contribution is 1.33. The molecule has 0 saturated carbocycles. The number of nitrogens with zero attached hydrogens (tertiary/aromatic N) is 1. The van der Waals surface area contributed by atoms with Gasteiger partial charge in [0.05, 0.1) is 20.6 Å². The van der Waals surface area contributed by atoms with Crippen LogP contribution in [0.1, 0.15) is 5.56 Å². The summed E-state index contributed by atoms with van der Waals surface area (Å²) in [6.07, 6.45) is 1.68. The van der Waals surface area contributed by atoms with Crippen molar-refractivity contribution in [2.24, 2.45) is 0 Å². The van der Waals surface area contributed by atoms with Crippen molar-refractivity contribution in [3.8, 4) is 0 Å². The van der Waals surface area contributed by atoms with E-state index in [0.717, 1.165) is 15.4 Å². The summed E-state index contributed by atoms with van der Waals surface area (Å²) in [5.41, 5.74) is 1.54. The highest BCUT2D eigenvalue weighted by Crippen LogP contribution is 2.38. The Kier molecular flexibility index (Phi) is 3.13. The quantitative estimate of drug-likeness (QED) is 0.602. The van der Waals surface area contributed by atoms with Crippen LogP contribution in [0.4, 0.5) is 0 Å². The SMILES string of the molecule is Cc1cnc2c(Cl)c(Cl)c(Br)cc2c1Cl. The maximum atomic E-state index is 6.16. The maximum absolute atomic E-state index is 6.16. The molecule has 1 heterocycles. The van der Waals surface area contributed by atoms with Crippen LogP contribution in [0, 0.1) is 6.92 Å². The molecule has 0 amide bonds. The van der Waals surface area contributed by atoms with Crippen LogP contribution >= 0.6 is 50.7 Å². The van der Waals surface area contributed by atoms with Crippen molar-refractivity contribution in [3.63, 3.8) is 0 Å². The number of hydrogen-bond acceptors (Lipinski definition) is 1. The Morgan fingerprint density at radius 3 is 2.47 bits per heavy atom. The van der Waals surface area contributed by atoms with Crippen LogP contribution in [0.5, 0.6) is 0 Å². The van der Waals surface area contributed by atoms with Gasteiger partial charge in [0.15, 0.2) is 0 Å². The molecule has 0 bridgehead atoms. The third-order valence-corrected chi connectivity index (χ3v) is 4.32. The zero-order valence-electron chi connectivity index (χ0n) is 7.61. The van der Waals surface area contributed by atoms with Crippen LogP contribution in [0.2, 0.25) is 15.1 Å². The third-order valence-electron chi connectivity index (χ3n) is 2.11. The molecule has 0 spiro atoms. The first kappa shape index (κ1) is 11.5. The van der Waals surface area contributed by atoms with Crippen molar-refractivity contribution >= 4 is 61.6 Å². The molecule has 5 heteroatoms. The summed E-state index contributed by atoms with van der Waals surface area (Å²) in [6, 6.07) is 1.83. The summed E-state index contributed by atoms with van der Waals surface area (Å²) in [4.78, 5) is 4.22. The minimum Gasteiger partial charge on any atom is -0.254 e. The Bertz CT molecular complexity index is 554. The van der Waals surface area contributed by atoms with Gasteiger partial charge in [-0.1, -0.05) is 34.8 Å². The van der Waals surface area contributed by atoms with Crippen molar-refractivity contribution in [3.05, 3.63) is 37.4 Å². The molecule has 1 aromatic heterocycles. The van der Waals surface area contributed by atoms with E-state index in [9.17, 15) is 0 Å². The molecule has 0 fully saturated rings. The lowest BCUT2D eigenvalue weighted by atomic mass is 10.2. The highest BCUT2D eigenvalue weighted by molar-refractivity contribution is 9.10. The number of aryl methyl sites for hydroxylation is 1. The number of benzene rings is 1. The Hall–Kier alpha value is -0.0200. The van der Waals surface area contributed by atoms with Crippen LogP contribution in [0.25, 0.3) is 10.9 Å². The molecule has 1 nitrogen and oxygen atoms in total. The fraction of sp³-hybridized carbons (Fsp3) is 0.100. The van der Waals surface area contributed by atoms with E-state index in [1.54, 1.807) is 6.20 Å². The van der Waals surface area contributed by atoms with Gasteiger partial charge in [-0.15, -0.1) is 0 Å². The van der Waals surface area contributed by atoms with E-state index in [-0.39, 0.29) is 0 Å². The van der Waals surface area contributed by atoms with Gasteiger partial charge in [-0.05, 0) is 34.5 Å². The van der Waals surface area contributed by atoms with Crippen LogP contribution in [0.3, 0.4) is 0 Å². The number of halogens is 4. The minimum absolute atomic E-state index is 0.419. The van der Waals surface area contributed by atoms with Gasteiger partial charge in [0, 0.05) is 16.1 Å². The second-order valence-corrected chi connectivity index (χ2v) is 5.13. The molecule has 0 aliphatic rings. The van der Waals surface area contributed by atoms with Crippen LogP contribution in [-0.4, -0.2) is 4.98 Å². The van der Waals surface area contributed by atoms with Gasteiger partial charge in [0.25, 0.3) is 0 Å². The van der Waals surface area contributed by atoms with Crippen molar-refractivity contribution in [2.75, 3.05) is 0 Å². The topological polar surface area (TPSA) is 12.9 Å². The molecule has 0 saturated heterocycles. The zero-order chi connectivity index (χ0) is 11.2. The number of fused-ring (bicyclic) bond motifs is 1. The first-order chi connectivity index (χ1) is 7.02. The van der Waals surface area contributed by atoms with Crippen LogP contribution in [0.15, 0.2) is 16.7 Å². The molecule has 0 aliphatic heterocycles. The molecule has 2 aromatic rings. The third kappa shape index (κ3) is 1.84. The molecule has 0 unspecified atom stereocenters. The average Bonchev–Trinajstić information content (AvgIpc) is 2.21. The van der Waals surface area contributed by atoms with Crippen molar-refractivity contribution < 1.29 is 0 Å². The summed E-state index contributed by atoms with van der Waals surface area (Å²) in [7, 11) is 0. The minimum atomic E-state index is 0.419. The molecule has 0 N–H and O–H groups in total. The lowest BCUT2D eigenvalue weighted by Crippen LogP contribution is -1.86. The van der Waals surface area contributed by atoms with E-state index in [1.165, 1.54) is 0 Å². The smallest absolute Gasteiger partial charge is 0.0919 e. The number of pyridine rings is 1. The summed E-state index contributed by atoms with van der Waals surface area (Å²) < 4.78 is 0.718. The maximum Gasteiger partial charge on any atom is 0.0919 e. The number of hydrogen-bond donors (Lipinski definition) is 0. The van der Waals surface area contributed by atoms with Crippen LogP contribution < -0.4 is 0 Å². The van der Waals surface area contributed by atoms with Crippen molar-refractivity contribution in [1.82, 2.24) is 4.98 Å². The summed E-state index contributed by atoms with van der Waals surface area (Å²) in [5, 5.41) is 2.33. The van der Waals surface area contributed by atoms with Gasteiger partial charge in [0.2, 0.25) is 0 Å². The van der Waals surface area contributed by atoms with E-state index in [0.29, 0.717) is 20.6 Å². The van der Waals surface area contributed by atoms with E-state index < -0.39 is 0 Å². The standard InChI is InChI=1S/C10H5BrCl3N/c1-4-3-15-10-5(7(4)12)2-6(11)8(13)9(10)14/h2-3H,1H3. The average molecular weight is 325 g/mol. The monoisotopic (exact) mass is 323 g/mol. The summed E-state index contributed by atoms with van der Waals surface area (Å²) >= 11 is 21.5.